The first-order chi connectivity index (χ1) is 14.1. The van der Waals surface area contributed by atoms with Crippen molar-refractivity contribution in [1.29, 1.82) is 0 Å². The predicted octanol–water partition coefficient (Wildman–Crippen LogP) is 6.15. The van der Waals surface area contributed by atoms with Gasteiger partial charge in [0.15, 0.2) is 0 Å². The van der Waals surface area contributed by atoms with Crippen molar-refractivity contribution in [1.82, 2.24) is 0 Å². The normalized spacial score (nSPS) is 11.6. The Labute approximate surface area is 175 Å². The Morgan fingerprint density at radius 2 is 1.55 bits per heavy atom. The van der Waals surface area contributed by atoms with Crippen LogP contribution >= 0.6 is 0 Å². The highest BCUT2D eigenvalue weighted by molar-refractivity contribution is 5.44. The molecule has 2 aromatic carbocycles. The molecule has 158 valence electrons. The lowest BCUT2D eigenvalue weighted by Crippen LogP contribution is -2.02. The summed E-state index contributed by atoms with van der Waals surface area (Å²) < 4.78 is 22.0. The highest BCUT2D eigenvalue weighted by Crippen LogP contribution is 2.34. The number of hydrogen-bond acceptors (Lipinski definition) is 4. The van der Waals surface area contributed by atoms with Crippen molar-refractivity contribution < 1.29 is 18.9 Å². The van der Waals surface area contributed by atoms with E-state index < -0.39 is 0 Å². The highest BCUT2D eigenvalue weighted by atomic mass is 16.5. The molecule has 0 saturated heterocycles. The molecule has 1 atom stereocenters. The molecule has 0 bridgehead atoms. The standard InChI is InChI=1S/C25H34O4/c1-19(2)16-21(24-14-13-23(27-4)17-25(24)28-5)8-6-7-15-29-18-20-9-11-22(26-3)12-10-20/h9-14,16-17,21H,6-8,15,18H2,1-5H3. The molecule has 0 heterocycles. The molecule has 0 saturated carbocycles. The molecular weight excluding hydrogens is 364 g/mol. The Kier molecular flexibility index (Phi) is 9.58. The van der Waals surface area contributed by atoms with Gasteiger partial charge in [0.25, 0.3) is 0 Å². The van der Waals surface area contributed by atoms with Crippen LogP contribution in [0.15, 0.2) is 54.1 Å². The van der Waals surface area contributed by atoms with Gasteiger partial charge in [0.1, 0.15) is 17.2 Å². The van der Waals surface area contributed by atoms with Crippen molar-refractivity contribution in [2.45, 2.75) is 45.6 Å². The van der Waals surface area contributed by atoms with Crippen LogP contribution in [0.4, 0.5) is 0 Å². The summed E-state index contributed by atoms with van der Waals surface area (Å²) >= 11 is 0. The fourth-order valence-corrected chi connectivity index (χ4v) is 3.34. The van der Waals surface area contributed by atoms with Crippen LogP contribution in [0.25, 0.3) is 0 Å². The van der Waals surface area contributed by atoms with Crippen molar-refractivity contribution in [2.24, 2.45) is 0 Å². The number of unbranched alkanes of at least 4 members (excludes halogenated alkanes) is 1. The number of rotatable bonds is 12. The van der Waals surface area contributed by atoms with Crippen molar-refractivity contribution in [3.05, 3.63) is 65.2 Å². The Bertz CT molecular complexity index is 761. The van der Waals surface area contributed by atoms with Gasteiger partial charge in [0.2, 0.25) is 0 Å². The van der Waals surface area contributed by atoms with Crippen LogP contribution in [0.1, 0.15) is 50.2 Å². The molecule has 0 aromatic heterocycles. The largest absolute Gasteiger partial charge is 0.497 e. The second-order valence-corrected chi connectivity index (χ2v) is 7.35. The Hall–Kier alpha value is -2.46. The average molecular weight is 399 g/mol. The van der Waals surface area contributed by atoms with E-state index in [-0.39, 0.29) is 0 Å². The molecule has 4 heteroatoms. The lowest BCUT2D eigenvalue weighted by Gasteiger charge is -2.18. The zero-order valence-corrected chi connectivity index (χ0v) is 18.4. The maximum absolute atomic E-state index is 5.84. The molecule has 0 radical (unpaired) electrons. The minimum Gasteiger partial charge on any atom is -0.497 e. The first-order valence-corrected chi connectivity index (χ1v) is 10.1. The van der Waals surface area contributed by atoms with Crippen LogP contribution in [0, 0.1) is 0 Å². The van der Waals surface area contributed by atoms with Gasteiger partial charge in [-0.25, -0.2) is 0 Å². The molecule has 0 spiro atoms. The fourth-order valence-electron chi connectivity index (χ4n) is 3.34. The molecule has 29 heavy (non-hydrogen) atoms. The zero-order valence-electron chi connectivity index (χ0n) is 18.4. The summed E-state index contributed by atoms with van der Waals surface area (Å²) in [4.78, 5) is 0. The van der Waals surface area contributed by atoms with Gasteiger partial charge in [-0.3, -0.25) is 0 Å². The van der Waals surface area contributed by atoms with Gasteiger partial charge in [0, 0.05) is 24.2 Å². The van der Waals surface area contributed by atoms with Crippen LogP contribution in [0.5, 0.6) is 17.2 Å². The topological polar surface area (TPSA) is 36.9 Å². The molecule has 0 aliphatic rings. The molecular formula is C25H34O4. The van der Waals surface area contributed by atoms with Gasteiger partial charge in [0.05, 0.1) is 27.9 Å². The van der Waals surface area contributed by atoms with E-state index >= 15 is 0 Å². The third-order valence-electron chi connectivity index (χ3n) is 4.86. The van der Waals surface area contributed by atoms with Crippen LogP contribution in [0.3, 0.4) is 0 Å². The molecule has 0 aliphatic heterocycles. The molecule has 2 rings (SSSR count). The van der Waals surface area contributed by atoms with Crippen molar-refractivity contribution in [2.75, 3.05) is 27.9 Å². The molecule has 2 aromatic rings. The Morgan fingerprint density at radius 1 is 0.862 bits per heavy atom. The lowest BCUT2D eigenvalue weighted by atomic mass is 9.91. The van der Waals surface area contributed by atoms with E-state index in [2.05, 4.69) is 26.0 Å². The minimum atomic E-state index is 0.322. The van der Waals surface area contributed by atoms with Crippen molar-refractivity contribution in [3.8, 4) is 17.2 Å². The molecule has 0 N–H and O–H groups in total. The summed E-state index contributed by atoms with van der Waals surface area (Å²) in [6.45, 7) is 5.67. The average Bonchev–Trinajstić information content (AvgIpc) is 2.74. The first-order valence-electron chi connectivity index (χ1n) is 10.1. The number of methoxy groups -OCH3 is 3. The third kappa shape index (κ3) is 7.47. The van der Waals surface area contributed by atoms with E-state index in [0.29, 0.717) is 12.5 Å². The van der Waals surface area contributed by atoms with E-state index in [9.17, 15) is 0 Å². The monoisotopic (exact) mass is 398 g/mol. The maximum atomic E-state index is 5.84. The molecule has 0 amide bonds. The first kappa shape index (κ1) is 22.8. The lowest BCUT2D eigenvalue weighted by molar-refractivity contribution is 0.116. The number of ether oxygens (including phenoxy) is 4. The SMILES string of the molecule is COc1ccc(COCCCCC(C=C(C)C)c2ccc(OC)cc2OC)cc1. The fraction of sp³-hybridized carbons (Fsp3) is 0.440. The number of hydrogen-bond donors (Lipinski definition) is 0. The van der Waals surface area contributed by atoms with E-state index in [1.807, 2.05) is 36.4 Å². The summed E-state index contributed by atoms with van der Waals surface area (Å²) in [5.41, 5.74) is 3.67. The van der Waals surface area contributed by atoms with Crippen LogP contribution in [-0.2, 0) is 11.3 Å². The summed E-state index contributed by atoms with van der Waals surface area (Å²) in [6, 6.07) is 14.1. The van der Waals surface area contributed by atoms with Gasteiger partial charge >= 0.3 is 0 Å². The molecule has 0 aliphatic carbocycles. The third-order valence-corrected chi connectivity index (χ3v) is 4.86. The van der Waals surface area contributed by atoms with Gasteiger partial charge in [-0.1, -0.05) is 36.3 Å². The van der Waals surface area contributed by atoms with E-state index in [4.69, 9.17) is 18.9 Å². The van der Waals surface area contributed by atoms with Crippen LogP contribution in [-0.4, -0.2) is 27.9 Å². The highest BCUT2D eigenvalue weighted by Gasteiger charge is 2.15. The summed E-state index contributed by atoms with van der Waals surface area (Å²) in [6.07, 6.45) is 5.50. The van der Waals surface area contributed by atoms with Crippen LogP contribution < -0.4 is 14.2 Å². The van der Waals surface area contributed by atoms with Crippen molar-refractivity contribution >= 4 is 0 Å². The minimum absolute atomic E-state index is 0.322. The van der Waals surface area contributed by atoms with Crippen molar-refractivity contribution in [3.63, 3.8) is 0 Å². The molecule has 4 nitrogen and oxygen atoms in total. The number of allylic oxidation sites excluding steroid dienone is 2. The van der Waals surface area contributed by atoms with E-state index in [0.717, 1.165) is 48.7 Å². The van der Waals surface area contributed by atoms with Gasteiger partial charge in [-0.05, 0) is 50.5 Å². The quantitative estimate of drug-likeness (QED) is 0.317. The zero-order chi connectivity index (χ0) is 21.1. The number of benzene rings is 2. The van der Waals surface area contributed by atoms with Gasteiger partial charge in [-0.15, -0.1) is 0 Å². The molecule has 1 unspecified atom stereocenters. The molecule has 0 fully saturated rings. The van der Waals surface area contributed by atoms with Gasteiger partial charge < -0.3 is 18.9 Å². The summed E-state index contributed by atoms with van der Waals surface area (Å²) in [5, 5.41) is 0. The maximum Gasteiger partial charge on any atom is 0.126 e. The summed E-state index contributed by atoms with van der Waals surface area (Å²) in [7, 11) is 5.06. The second-order valence-electron chi connectivity index (χ2n) is 7.35. The Balaban J connectivity index is 1.85. The van der Waals surface area contributed by atoms with E-state index in [1.54, 1.807) is 21.3 Å². The van der Waals surface area contributed by atoms with Gasteiger partial charge in [-0.2, -0.15) is 0 Å². The summed E-state index contributed by atoms with van der Waals surface area (Å²) in [5.74, 6) is 2.88. The second kappa shape index (κ2) is 12.2. The van der Waals surface area contributed by atoms with E-state index in [1.165, 1.54) is 11.1 Å². The predicted molar refractivity (Wildman–Crippen MR) is 118 cm³/mol. The Morgan fingerprint density at radius 3 is 2.17 bits per heavy atom. The smallest absolute Gasteiger partial charge is 0.126 e. The van der Waals surface area contributed by atoms with Crippen LogP contribution in [0.2, 0.25) is 0 Å².